The number of amides is 2. The third-order valence-corrected chi connectivity index (χ3v) is 5.62. The molecule has 0 radical (unpaired) electrons. The highest BCUT2D eigenvalue weighted by atomic mass is 35.5. The van der Waals surface area contributed by atoms with Gasteiger partial charge in [-0.1, -0.05) is 29.4 Å². The molecular weight excluding hydrogens is 350 g/mol. The van der Waals surface area contributed by atoms with Gasteiger partial charge in [-0.2, -0.15) is 0 Å². The molecule has 23 heavy (non-hydrogen) atoms. The van der Waals surface area contributed by atoms with Crippen LogP contribution in [0.3, 0.4) is 0 Å². The Kier molecular flexibility index (Phi) is 4.62. The number of carbonyl (C=O) groups excluding carboxylic acids is 2. The summed E-state index contributed by atoms with van der Waals surface area (Å²) in [5.41, 5.74) is 0.499. The molecule has 0 fully saturated rings. The molecule has 0 aliphatic carbocycles. The van der Waals surface area contributed by atoms with Crippen molar-refractivity contribution in [3.05, 3.63) is 56.6 Å². The van der Waals surface area contributed by atoms with E-state index < -0.39 is 0 Å². The topological polar surface area (TPSA) is 37.4 Å². The Labute approximate surface area is 147 Å². The van der Waals surface area contributed by atoms with Crippen LogP contribution in [0, 0.1) is 0 Å². The number of hydrogen-bond donors (Lipinski definition) is 0. The van der Waals surface area contributed by atoms with Crippen molar-refractivity contribution in [3.8, 4) is 0 Å². The molecule has 0 saturated carbocycles. The van der Waals surface area contributed by atoms with Crippen LogP contribution < -0.4 is 0 Å². The van der Waals surface area contributed by atoms with Crippen LogP contribution >= 0.6 is 34.7 Å². The fraction of sp³-hybridized carbons (Fsp3) is 0.176. The standard InChI is InChI=1S/C17H14ClNO2S2/c1-10(2)19-16(20)14(13-4-3-9-22-13)15(17(19)21)23-12-7-5-11(18)6-8-12/h3-10H,1-2H3. The maximum atomic E-state index is 12.7. The van der Waals surface area contributed by atoms with Gasteiger partial charge in [0.05, 0.1) is 10.5 Å². The lowest BCUT2D eigenvalue weighted by Gasteiger charge is -2.19. The van der Waals surface area contributed by atoms with Gasteiger partial charge in [0, 0.05) is 20.8 Å². The number of benzene rings is 1. The van der Waals surface area contributed by atoms with E-state index in [9.17, 15) is 9.59 Å². The van der Waals surface area contributed by atoms with Gasteiger partial charge < -0.3 is 0 Å². The Bertz CT molecular complexity index is 779. The summed E-state index contributed by atoms with van der Waals surface area (Å²) in [5, 5.41) is 2.54. The minimum atomic E-state index is -0.228. The quantitative estimate of drug-likeness (QED) is 0.740. The maximum absolute atomic E-state index is 12.7. The van der Waals surface area contributed by atoms with Gasteiger partial charge in [0.15, 0.2) is 0 Å². The van der Waals surface area contributed by atoms with Gasteiger partial charge in [-0.05, 0) is 49.6 Å². The number of rotatable bonds is 4. The Hall–Kier alpha value is -1.56. The highest BCUT2D eigenvalue weighted by Gasteiger charge is 2.41. The van der Waals surface area contributed by atoms with Crippen LogP contribution in [0.5, 0.6) is 0 Å². The van der Waals surface area contributed by atoms with Crippen molar-refractivity contribution in [3.63, 3.8) is 0 Å². The predicted molar refractivity (Wildman–Crippen MR) is 95.5 cm³/mol. The summed E-state index contributed by atoms with van der Waals surface area (Å²) in [6, 6.07) is 10.8. The van der Waals surface area contributed by atoms with Crippen molar-refractivity contribution in [2.24, 2.45) is 0 Å². The average Bonchev–Trinajstić information content (AvgIpc) is 3.09. The molecule has 0 spiro atoms. The van der Waals surface area contributed by atoms with Gasteiger partial charge in [-0.25, -0.2) is 0 Å². The van der Waals surface area contributed by atoms with Gasteiger partial charge in [0.1, 0.15) is 0 Å². The first-order valence-electron chi connectivity index (χ1n) is 7.08. The fourth-order valence-electron chi connectivity index (χ4n) is 2.35. The van der Waals surface area contributed by atoms with E-state index in [-0.39, 0.29) is 17.9 Å². The van der Waals surface area contributed by atoms with Gasteiger partial charge in [-0.3, -0.25) is 14.5 Å². The molecule has 0 N–H and O–H groups in total. The minimum absolute atomic E-state index is 0.173. The normalized spacial score (nSPS) is 15.2. The fourth-order valence-corrected chi connectivity index (χ4v) is 4.30. The number of thiophene rings is 1. The zero-order valence-corrected chi connectivity index (χ0v) is 15.0. The van der Waals surface area contributed by atoms with Crippen LogP contribution in [-0.4, -0.2) is 22.8 Å². The molecule has 1 aliphatic rings. The van der Waals surface area contributed by atoms with Crippen LogP contribution in [0.1, 0.15) is 18.7 Å². The molecule has 3 nitrogen and oxygen atoms in total. The average molecular weight is 364 g/mol. The molecule has 0 saturated heterocycles. The van der Waals surface area contributed by atoms with Crippen molar-refractivity contribution in [1.82, 2.24) is 4.90 Å². The number of halogens is 1. The lowest BCUT2D eigenvalue weighted by molar-refractivity contribution is -0.138. The van der Waals surface area contributed by atoms with Crippen LogP contribution in [0.4, 0.5) is 0 Å². The van der Waals surface area contributed by atoms with Crippen molar-refractivity contribution in [1.29, 1.82) is 0 Å². The first-order valence-corrected chi connectivity index (χ1v) is 9.16. The van der Waals surface area contributed by atoms with Crippen LogP contribution in [0.25, 0.3) is 5.57 Å². The molecule has 2 aromatic rings. The molecule has 118 valence electrons. The number of thioether (sulfide) groups is 1. The highest BCUT2D eigenvalue weighted by molar-refractivity contribution is 8.04. The van der Waals surface area contributed by atoms with E-state index in [0.717, 1.165) is 9.77 Å². The second-order valence-corrected chi connectivity index (χ2v) is 7.78. The summed E-state index contributed by atoms with van der Waals surface area (Å²) in [7, 11) is 0. The summed E-state index contributed by atoms with van der Waals surface area (Å²) in [6.07, 6.45) is 0. The van der Waals surface area contributed by atoms with Crippen molar-refractivity contribution in [2.75, 3.05) is 0 Å². The summed E-state index contributed by atoms with van der Waals surface area (Å²) in [4.78, 5) is 29.0. The third-order valence-electron chi connectivity index (χ3n) is 3.39. The van der Waals surface area contributed by atoms with E-state index in [2.05, 4.69) is 0 Å². The lowest BCUT2D eigenvalue weighted by atomic mass is 10.2. The van der Waals surface area contributed by atoms with Crippen molar-refractivity contribution >= 4 is 52.1 Å². The summed E-state index contributed by atoms with van der Waals surface area (Å²) < 4.78 is 0. The Morgan fingerprint density at radius 3 is 2.35 bits per heavy atom. The predicted octanol–water partition coefficient (Wildman–Crippen LogP) is 4.68. The summed E-state index contributed by atoms with van der Waals surface area (Å²) in [6.45, 7) is 3.69. The van der Waals surface area contributed by atoms with Crippen LogP contribution in [-0.2, 0) is 9.59 Å². The molecule has 2 heterocycles. The molecule has 0 atom stereocenters. The second kappa shape index (κ2) is 6.51. The van der Waals surface area contributed by atoms with E-state index in [0.29, 0.717) is 15.5 Å². The molecule has 3 rings (SSSR count). The van der Waals surface area contributed by atoms with Crippen LogP contribution in [0.2, 0.25) is 5.02 Å². The number of imide groups is 1. The van der Waals surface area contributed by atoms with E-state index in [1.165, 1.54) is 28.0 Å². The molecule has 6 heteroatoms. The smallest absolute Gasteiger partial charge is 0.268 e. The van der Waals surface area contributed by atoms with E-state index in [1.54, 1.807) is 12.1 Å². The summed E-state index contributed by atoms with van der Waals surface area (Å²) in [5.74, 6) is -0.447. The third kappa shape index (κ3) is 3.09. The molecule has 0 bridgehead atoms. The monoisotopic (exact) mass is 363 g/mol. The van der Waals surface area contributed by atoms with Gasteiger partial charge in [-0.15, -0.1) is 11.3 Å². The van der Waals surface area contributed by atoms with Crippen LogP contribution in [0.15, 0.2) is 51.6 Å². The highest BCUT2D eigenvalue weighted by Crippen LogP contribution is 2.41. The Morgan fingerprint density at radius 2 is 1.78 bits per heavy atom. The van der Waals surface area contributed by atoms with Gasteiger partial charge in [0.2, 0.25) is 0 Å². The Balaban J connectivity index is 2.05. The number of nitrogens with zero attached hydrogens (tertiary/aromatic N) is 1. The van der Waals surface area contributed by atoms with Crippen molar-refractivity contribution in [2.45, 2.75) is 24.8 Å². The second-order valence-electron chi connectivity index (χ2n) is 5.31. The maximum Gasteiger partial charge on any atom is 0.268 e. The van der Waals surface area contributed by atoms with Crippen molar-refractivity contribution < 1.29 is 9.59 Å². The van der Waals surface area contributed by atoms with Gasteiger partial charge >= 0.3 is 0 Å². The Morgan fingerprint density at radius 1 is 1.09 bits per heavy atom. The molecule has 1 aromatic carbocycles. The van der Waals surface area contributed by atoms with E-state index in [1.807, 2.05) is 43.5 Å². The molecule has 0 unspecified atom stereocenters. The zero-order valence-electron chi connectivity index (χ0n) is 12.6. The molecule has 1 aliphatic heterocycles. The first kappa shape index (κ1) is 16.3. The molecular formula is C17H14ClNO2S2. The molecule has 1 aromatic heterocycles. The number of hydrogen-bond acceptors (Lipinski definition) is 4. The summed E-state index contributed by atoms with van der Waals surface area (Å²) >= 11 is 8.69. The molecule has 2 amide bonds. The SMILES string of the molecule is CC(C)N1C(=O)C(Sc2ccc(Cl)cc2)=C(c2cccs2)C1=O. The largest absolute Gasteiger partial charge is 0.271 e. The number of carbonyl (C=O) groups is 2. The van der Waals surface area contributed by atoms with Gasteiger partial charge in [0.25, 0.3) is 11.8 Å². The van der Waals surface area contributed by atoms with E-state index >= 15 is 0 Å². The van der Waals surface area contributed by atoms with E-state index in [4.69, 9.17) is 11.6 Å². The zero-order chi connectivity index (χ0) is 16.6. The first-order chi connectivity index (χ1) is 11.0. The minimum Gasteiger partial charge on any atom is -0.271 e. The lowest BCUT2D eigenvalue weighted by Crippen LogP contribution is -2.37.